The van der Waals surface area contributed by atoms with Crippen molar-refractivity contribution in [2.45, 2.75) is 0 Å². The summed E-state index contributed by atoms with van der Waals surface area (Å²) in [5.41, 5.74) is 2.72. The van der Waals surface area contributed by atoms with Crippen molar-refractivity contribution in [1.82, 2.24) is 9.55 Å². The Hall–Kier alpha value is -2.86. The van der Waals surface area contributed by atoms with Crippen LogP contribution in [0.4, 0.5) is 0 Å². The average Bonchev–Trinajstić information content (AvgIpc) is 2.98. The molecule has 3 rings (SSSR count). The molecule has 0 saturated carbocycles. The molecule has 3 aromatic rings. The van der Waals surface area contributed by atoms with Gasteiger partial charge in [-0.3, -0.25) is 4.57 Å². The molecule has 0 saturated heterocycles. The number of para-hydroxylation sites is 1. The maximum Gasteiger partial charge on any atom is 0.144 e. The van der Waals surface area contributed by atoms with E-state index in [2.05, 4.69) is 11.1 Å². The minimum atomic E-state index is 0.654. The fourth-order valence-electron chi connectivity index (χ4n) is 2.01. The zero-order valence-corrected chi connectivity index (χ0v) is 10.2. The lowest BCUT2D eigenvalue weighted by Gasteiger charge is -2.07. The van der Waals surface area contributed by atoms with E-state index in [1.807, 2.05) is 53.2 Å². The lowest BCUT2D eigenvalue weighted by molar-refractivity contribution is 1.07. The first-order chi connectivity index (χ1) is 9.38. The van der Waals surface area contributed by atoms with Crippen LogP contribution in [0, 0.1) is 11.3 Å². The first-order valence-electron chi connectivity index (χ1n) is 5.98. The zero-order chi connectivity index (χ0) is 13.1. The molecule has 90 valence electrons. The van der Waals surface area contributed by atoms with Gasteiger partial charge in [-0.05, 0) is 36.4 Å². The Morgan fingerprint density at radius 3 is 2.37 bits per heavy atom. The van der Waals surface area contributed by atoms with E-state index in [9.17, 15) is 0 Å². The molecule has 0 amide bonds. The normalized spacial score (nSPS) is 10.1. The number of nitriles is 1. The van der Waals surface area contributed by atoms with Crippen LogP contribution in [0.3, 0.4) is 0 Å². The fourth-order valence-corrected chi connectivity index (χ4v) is 2.01. The molecule has 1 heterocycles. The number of hydrogen-bond acceptors (Lipinski definition) is 2. The monoisotopic (exact) mass is 245 g/mol. The largest absolute Gasteiger partial charge is 0.300 e. The smallest absolute Gasteiger partial charge is 0.144 e. The maximum absolute atomic E-state index is 8.82. The molecule has 2 aromatic carbocycles. The molecule has 3 heteroatoms. The van der Waals surface area contributed by atoms with Crippen molar-refractivity contribution in [3.05, 3.63) is 72.6 Å². The van der Waals surface area contributed by atoms with Crippen LogP contribution in [0.25, 0.3) is 17.1 Å². The summed E-state index contributed by atoms with van der Waals surface area (Å²) >= 11 is 0. The summed E-state index contributed by atoms with van der Waals surface area (Å²) in [7, 11) is 0. The van der Waals surface area contributed by atoms with Crippen molar-refractivity contribution in [3.8, 4) is 23.1 Å². The molecule has 0 bridgehead atoms. The van der Waals surface area contributed by atoms with Crippen LogP contribution in [0.5, 0.6) is 0 Å². The number of nitrogens with zero attached hydrogens (tertiary/aromatic N) is 3. The minimum absolute atomic E-state index is 0.654. The average molecular weight is 245 g/mol. The Morgan fingerprint density at radius 2 is 1.68 bits per heavy atom. The SMILES string of the molecule is N#Cc1ccc(-c2nccn2-c2ccccc2)cc1. The highest BCUT2D eigenvalue weighted by Gasteiger charge is 2.07. The van der Waals surface area contributed by atoms with Crippen molar-refractivity contribution >= 4 is 0 Å². The Bertz CT molecular complexity index is 719. The zero-order valence-electron chi connectivity index (χ0n) is 10.2. The third-order valence-electron chi connectivity index (χ3n) is 2.95. The molecular formula is C16H11N3. The summed E-state index contributed by atoms with van der Waals surface area (Å²) in [5.74, 6) is 0.871. The highest BCUT2D eigenvalue weighted by Crippen LogP contribution is 2.21. The van der Waals surface area contributed by atoms with Crippen molar-refractivity contribution in [2.24, 2.45) is 0 Å². The summed E-state index contributed by atoms with van der Waals surface area (Å²) < 4.78 is 2.03. The lowest BCUT2D eigenvalue weighted by Crippen LogP contribution is -1.95. The molecule has 3 nitrogen and oxygen atoms in total. The van der Waals surface area contributed by atoms with Gasteiger partial charge in [0.25, 0.3) is 0 Å². The molecule has 0 aliphatic rings. The van der Waals surface area contributed by atoms with Gasteiger partial charge in [0.2, 0.25) is 0 Å². The standard InChI is InChI=1S/C16H11N3/c17-12-13-6-8-14(9-7-13)16-18-10-11-19(16)15-4-2-1-3-5-15/h1-11H. The highest BCUT2D eigenvalue weighted by atomic mass is 15.1. The summed E-state index contributed by atoms with van der Waals surface area (Å²) in [6, 6.07) is 19.6. The Morgan fingerprint density at radius 1 is 0.947 bits per heavy atom. The van der Waals surface area contributed by atoms with Gasteiger partial charge in [0.15, 0.2) is 0 Å². The second-order valence-electron chi connectivity index (χ2n) is 4.15. The van der Waals surface area contributed by atoms with E-state index in [1.54, 1.807) is 18.3 Å². The molecular weight excluding hydrogens is 234 g/mol. The van der Waals surface area contributed by atoms with E-state index in [0.717, 1.165) is 17.1 Å². The molecule has 0 atom stereocenters. The predicted octanol–water partition coefficient (Wildman–Crippen LogP) is 3.41. The lowest BCUT2D eigenvalue weighted by atomic mass is 10.1. The molecule has 1 aromatic heterocycles. The van der Waals surface area contributed by atoms with Gasteiger partial charge in [0.05, 0.1) is 11.6 Å². The fraction of sp³-hybridized carbons (Fsp3) is 0. The molecule has 0 N–H and O–H groups in total. The van der Waals surface area contributed by atoms with Crippen LogP contribution in [-0.2, 0) is 0 Å². The second kappa shape index (κ2) is 4.79. The van der Waals surface area contributed by atoms with E-state index >= 15 is 0 Å². The summed E-state index contributed by atoms with van der Waals surface area (Å²) in [6.07, 6.45) is 3.71. The van der Waals surface area contributed by atoms with Crippen LogP contribution in [0.15, 0.2) is 67.0 Å². The molecule has 0 unspecified atom stereocenters. The summed E-state index contributed by atoms with van der Waals surface area (Å²) in [6.45, 7) is 0. The van der Waals surface area contributed by atoms with E-state index in [4.69, 9.17) is 5.26 Å². The van der Waals surface area contributed by atoms with E-state index in [1.165, 1.54) is 0 Å². The van der Waals surface area contributed by atoms with Gasteiger partial charge in [-0.25, -0.2) is 4.98 Å². The molecule has 19 heavy (non-hydrogen) atoms. The first-order valence-corrected chi connectivity index (χ1v) is 5.98. The van der Waals surface area contributed by atoms with Crippen LogP contribution in [0.1, 0.15) is 5.56 Å². The van der Waals surface area contributed by atoms with Crippen LogP contribution >= 0.6 is 0 Å². The van der Waals surface area contributed by atoms with Gasteiger partial charge in [-0.2, -0.15) is 5.26 Å². The minimum Gasteiger partial charge on any atom is -0.300 e. The highest BCUT2D eigenvalue weighted by molar-refractivity contribution is 5.59. The van der Waals surface area contributed by atoms with Crippen LogP contribution in [0.2, 0.25) is 0 Å². The second-order valence-corrected chi connectivity index (χ2v) is 4.15. The molecule has 0 aliphatic carbocycles. The predicted molar refractivity (Wildman–Crippen MR) is 73.7 cm³/mol. The van der Waals surface area contributed by atoms with E-state index in [-0.39, 0.29) is 0 Å². The van der Waals surface area contributed by atoms with Gasteiger partial charge in [0.1, 0.15) is 5.82 Å². The van der Waals surface area contributed by atoms with Crippen LogP contribution < -0.4 is 0 Å². The molecule has 0 radical (unpaired) electrons. The number of hydrogen-bond donors (Lipinski definition) is 0. The topological polar surface area (TPSA) is 41.6 Å². The molecule has 0 aliphatic heterocycles. The van der Waals surface area contributed by atoms with Gasteiger partial charge in [-0.15, -0.1) is 0 Å². The first kappa shape index (κ1) is 11.2. The van der Waals surface area contributed by atoms with Crippen molar-refractivity contribution in [3.63, 3.8) is 0 Å². The summed E-state index contributed by atoms with van der Waals surface area (Å²) in [5, 5.41) is 8.82. The summed E-state index contributed by atoms with van der Waals surface area (Å²) in [4.78, 5) is 4.40. The number of aromatic nitrogens is 2. The quantitative estimate of drug-likeness (QED) is 0.694. The Kier molecular flexibility index (Phi) is 2.83. The van der Waals surface area contributed by atoms with Crippen molar-refractivity contribution < 1.29 is 0 Å². The number of benzene rings is 2. The number of imidazole rings is 1. The Labute approximate surface area is 111 Å². The molecule has 0 spiro atoms. The third kappa shape index (κ3) is 2.12. The van der Waals surface area contributed by atoms with Crippen molar-refractivity contribution in [2.75, 3.05) is 0 Å². The van der Waals surface area contributed by atoms with E-state index < -0.39 is 0 Å². The van der Waals surface area contributed by atoms with Crippen molar-refractivity contribution in [1.29, 1.82) is 5.26 Å². The number of rotatable bonds is 2. The van der Waals surface area contributed by atoms with Gasteiger partial charge in [-0.1, -0.05) is 18.2 Å². The van der Waals surface area contributed by atoms with E-state index in [0.29, 0.717) is 5.56 Å². The van der Waals surface area contributed by atoms with Crippen LogP contribution in [-0.4, -0.2) is 9.55 Å². The third-order valence-corrected chi connectivity index (χ3v) is 2.95. The Balaban J connectivity index is 2.07. The van der Waals surface area contributed by atoms with Gasteiger partial charge >= 0.3 is 0 Å². The maximum atomic E-state index is 8.82. The molecule has 0 fully saturated rings. The van der Waals surface area contributed by atoms with Gasteiger partial charge in [0, 0.05) is 23.6 Å². The van der Waals surface area contributed by atoms with Gasteiger partial charge < -0.3 is 0 Å².